The fourth-order valence-corrected chi connectivity index (χ4v) is 3.47. The molecule has 0 aliphatic rings. The molecule has 0 aliphatic carbocycles. The minimum absolute atomic E-state index is 0.0734. The van der Waals surface area contributed by atoms with E-state index < -0.39 is 0 Å². The quantitative estimate of drug-likeness (QED) is 0.915. The number of hydrogen-bond donors (Lipinski definition) is 1. The van der Waals surface area contributed by atoms with E-state index in [1.54, 1.807) is 22.7 Å². The third-order valence-electron chi connectivity index (χ3n) is 2.26. The summed E-state index contributed by atoms with van der Waals surface area (Å²) in [6.45, 7) is 6.03. The van der Waals surface area contributed by atoms with Gasteiger partial charge in [0.25, 0.3) is 0 Å². The van der Waals surface area contributed by atoms with E-state index in [0.717, 1.165) is 27.8 Å². The summed E-state index contributed by atoms with van der Waals surface area (Å²) in [5, 5.41) is 4.31. The van der Waals surface area contributed by atoms with Crippen LogP contribution in [0.5, 0.6) is 0 Å². The average molecular weight is 253 g/mol. The zero-order valence-electron chi connectivity index (χ0n) is 9.65. The van der Waals surface area contributed by atoms with Crippen molar-refractivity contribution in [3.05, 3.63) is 31.7 Å². The summed E-state index contributed by atoms with van der Waals surface area (Å²) < 4.78 is 0. The molecule has 0 saturated heterocycles. The molecule has 16 heavy (non-hydrogen) atoms. The summed E-state index contributed by atoms with van der Waals surface area (Å²) >= 11 is 3.39. The molecule has 5 heteroatoms. The van der Waals surface area contributed by atoms with Gasteiger partial charge >= 0.3 is 0 Å². The van der Waals surface area contributed by atoms with Gasteiger partial charge in [0.1, 0.15) is 0 Å². The maximum absolute atomic E-state index is 5.88. The van der Waals surface area contributed by atoms with E-state index in [1.807, 2.05) is 20.8 Å². The summed E-state index contributed by atoms with van der Waals surface area (Å²) in [5.74, 6) is 0. The Morgan fingerprint density at radius 3 is 2.56 bits per heavy atom. The predicted molar refractivity (Wildman–Crippen MR) is 69.1 cm³/mol. The highest BCUT2D eigenvalue weighted by atomic mass is 32.1. The van der Waals surface area contributed by atoms with E-state index in [-0.39, 0.29) is 6.04 Å². The summed E-state index contributed by atoms with van der Waals surface area (Å²) in [4.78, 5) is 10.2. The first-order valence-electron chi connectivity index (χ1n) is 5.19. The molecule has 0 aromatic carbocycles. The van der Waals surface area contributed by atoms with Crippen molar-refractivity contribution in [1.82, 2.24) is 9.97 Å². The summed E-state index contributed by atoms with van der Waals surface area (Å²) in [5.41, 5.74) is 8.03. The fraction of sp³-hybridized carbons (Fsp3) is 0.455. The van der Waals surface area contributed by atoms with Gasteiger partial charge in [0.05, 0.1) is 22.1 Å². The lowest BCUT2D eigenvalue weighted by Crippen LogP contribution is -2.03. The average Bonchev–Trinajstić information content (AvgIpc) is 2.73. The van der Waals surface area contributed by atoms with Crippen LogP contribution >= 0.6 is 22.7 Å². The van der Waals surface area contributed by atoms with E-state index in [4.69, 9.17) is 5.73 Å². The molecule has 86 valence electrons. The molecule has 0 spiro atoms. The Balaban J connectivity index is 2.19. The summed E-state index contributed by atoms with van der Waals surface area (Å²) in [6.07, 6.45) is 0.830. The van der Waals surface area contributed by atoms with Crippen LogP contribution in [0, 0.1) is 13.8 Å². The fourth-order valence-electron chi connectivity index (χ4n) is 1.58. The van der Waals surface area contributed by atoms with Crippen LogP contribution in [0.25, 0.3) is 0 Å². The summed E-state index contributed by atoms with van der Waals surface area (Å²) in [7, 11) is 0. The molecule has 0 fully saturated rings. The molecule has 0 amide bonds. The molecule has 1 atom stereocenters. The molecule has 2 rings (SSSR count). The van der Waals surface area contributed by atoms with E-state index in [0.29, 0.717) is 0 Å². The zero-order chi connectivity index (χ0) is 11.7. The van der Waals surface area contributed by atoms with E-state index >= 15 is 0 Å². The van der Waals surface area contributed by atoms with E-state index in [1.165, 1.54) is 4.88 Å². The lowest BCUT2D eigenvalue weighted by molar-refractivity contribution is 0.825. The highest BCUT2D eigenvalue weighted by Crippen LogP contribution is 2.25. The van der Waals surface area contributed by atoms with Crippen LogP contribution in [0.2, 0.25) is 0 Å². The molecular weight excluding hydrogens is 238 g/mol. The first-order valence-corrected chi connectivity index (χ1v) is 6.88. The second-order valence-electron chi connectivity index (χ2n) is 3.91. The Labute approximate surface area is 103 Å². The lowest BCUT2D eigenvalue weighted by atomic mass is 10.2. The van der Waals surface area contributed by atoms with Crippen LogP contribution in [0.1, 0.15) is 39.2 Å². The van der Waals surface area contributed by atoms with Crippen LogP contribution in [-0.4, -0.2) is 9.97 Å². The second kappa shape index (κ2) is 4.61. The number of nitrogens with two attached hydrogens (primary N) is 1. The van der Waals surface area contributed by atoms with Crippen LogP contribution in [-0.2, 0) is 6.42 Å². The molecule has 0 saturated carbocycles. The molecule has 2 N–H and O–H groups in total. The largest absolute Gasteiger partial charge is 0.323 e. The van der Waals surface area contributed by atoms with Crippen LogP contribution in [0.4, 0.5) is 0 Å². The van der Waals surface area contributed by atoms with Crippen molar-refractivity contribution >= 4 is 22.7 Å². The smallest absolute Gasteiger partial charge is 0.0999 e. The van der Waals surface area contributed by atoms with Gasteiger partial charge in [-0.05, 0) is 20.8 Å². The van der Waals surface area contributed by atoms with Gasteiger partial charge in [0.2, 0.25) is 0 Å². The van der Waals surface area contributed by atoms with Crippen molar-refractivity contribution in [2.24, 2.45) is 5.73 Å². The van der Waals surface area contributed by atoms with Crippen molar-refractivity contribution in [2.75, 3.05) is 0 Å². The number of rotatable bonds is 3. The normalized spacial score (nSPS) is 13.0. The van der Waals surface area contributed by atoms with Crippen LogP contribution in [0.3, 0.4) is 0 Å². The first-order chi connectivity index (χ1) is 7.56. The molecule has 3 nitrogen and oxygen atoms in total. The second-order valence-corrected chi connectivity index (χ2v) is 5.96. The molecule has 0 aliphatic heterocycles. The molecule has 2 aromatic heterocycles. The SMILES string of the molecule is Cc1csc(Cc2nc(C)c(C(C)N)s2)n1. The van der Waals surface area contributed by atoms with Crippen molar-refractivity contribution in [2.45, 2.75) is 33.2 Å². The molecular formula is C11H15N3S2. The third-order valence-corrected chi connectivity index (χ3v) is 4.58. The van der Waals surface area contributed by atoms with Gasteiger partial charge in [-0.3, -0.25) is 0 Å². The van der Waals surface area contributed by atoms with Gasteiger partial charge in [-0.2, -0.15) is 0 Å². The Morgan fingerprint density at radius 1 is 1.31 bits per heavy atom. The van der Waals surface area contributed by atoms with Gasteiger partial charge in [-0.1, -0.05) is 0 Å². The third kappa shape index (κ3) is 2.48. The maximum atomic E-state index is 5.88. The van der Waals surface area contributed by atoms with Gasteiger partial charge in [0, 0.05) is 22.0 Å². The van der Waals surface area contributed by atoms with Crippen LogP contribution < -0.4 is 5.73 Å². The topological polar surface area (TPSA) is 51.8 Å². The standard InChI is InChI=1S/C11H15N3S2/c1-6-5-15-9(13-6)4-10-14-8(3)11(16-10)7(2)12/h5,7H,4,12H2,1-3H3. The van der Waals surface area contributed by atoms with Crippen molar-refractivity contribution in [3.8, 4) is 0 Å². The molecule has 2 aromatic rings. The highest BCUT2D eigenvalue weighted by molar-refractivity contribution is 7.12. The number of hydrogen-bond acceptors (Lipinski definition) is 5. The summed E-state index contributed by atoms with van der Waals surface area (Å²) in [6, 6.07) is 0.0734. The van der Waals surface area contributed by atoms with Crippen LogP contribution in [0.15, 0.2) is 5.38 Å². The van der Waals surface area contributed by atoms with E-state index in [9.17, 15) is 0 Å². The van der Waals surface area contributed by atoms with Gasteiger partial charge in [0.15, 0.2) is 0 Å². The lowest BCUT2D eigenvalue weighted by Gasteiger charge is -1.99. The Bertz CT molecular complexity index is 485. The molecule has 1 unspecified atom stereocenters. The minimum Gasteiger partial charge on any atom is -0.323 e. The zero-order valence-corrected chi connectivity index (χ0v) is 11.3. The van der Waals surface area contributed by atoms with Gasteiger partial charge in [-0.15, -0.1) is 22.7 Å². The molecule has 0 radical (unpaired) electrons. The number of nitrogens with zero attached hydrogens (tertiary/aromatic N) is 2. The Hall–Kier alpha value is -0.780. The molecule has 0 bridgehead atoms. The van der Waals surface area contributed by atoms with Gasteiger partial charge in [-0.25, -0.2) is 9.97 Å². The number of aryl methyl sites for hydroxylation is 2. The van der Waals surface area contributed by atoms with Crippen molar-refractivity contribution < 1.29 is 0 Å². The maximum Gasteiger partial charge on any atom is 0.0999 e. The van der Waals surface area contributed by atoms with Gasteiger partial charge < -0.3 is 5.73 Å². The first kappa shape index (κ1) is 11.7. The number of aromatic nitrogens is 2. The van der Waals surface area contributed by atoms with Crippen molar-refractivity contribution in [1.29, 1.82) is 0 Å². The Kier molecular flexibility index (Phi) is 3.37. The highest BCUT2D eigenvalue weighted by Gasteiger charge is 2.12. The minimum atomic E-state index is 0.0734. The van der Waals surface area contributed by atoms with E-state index in [2.05, 4.69) is 15.3 Å². The van der Waals surface area contributed by atoms with Crippen molar-refractivity contribution in [3.63, 3.8) is 0 Å². The number of thiazole rings is 2. The monoisotopic (exact) mass is 253 g/mol. The molecule has 2 heterocycles. The Morgan fingerprint density at radius 2 is 2.06 bits per heavy atom. The predicted octanol–water partition coefficient (Wildman–Crippen LogP) is 2.83.